The Labute approximate surface area is 157 Å². The minimum absolute atomic E-state index is 0.115. The van der Waals surface area contributed by atoms with E-state index in [2.05, 4.69) is 15.0 Å². The summed E-state index contributed by atoms with van der Waals surface area (Å²) < 4.78 is 28.3. The van der Waals surface area contributed by atoms with Crippen molar-refractivity contribution in [3.8, 4) is 0 Å². The molecule has 2 N–H and O–H groups in total. The number of aryl methyl sites for hydroxylation is 1. The smallest absolute Gasteiger partial charge is 0.260 e. The molecular formula is C16H20ClN5O3S. The molecule has 1 unspecified atom stereocenters. The molecule has 0 spiro atoms. The van der Waals surface area contributed by atoms with Gasteiger partial charge in [-0.2, -0.15) is 0 Å². The molecule has 1 amide bonds. The van der Waals surface area contributed by atoms with Gasteiger partial charge in [-0.15, -0.1) is 0 Å². The Kier molecular flexibility index (Phi) is 5.61. The third-order valence-electron chi connectivity index (χ3n) is 4.20. The molecule has 140 valence electrons. The largest absolute Gasteiger partial charge is 0.339 e. The number of rotatable bonds is 5. The fraction of sp³-hybridized carbons (Fsp3) is 0.375. The van der Waals surface area contributed by atoms with Crippen molar-refractivity contribution in [2.75, 3.05) is 26.2 Å². The number of carbonyl (C=O) groups is 1. The van der Waals surface area contributed by atoms with Gasteiger partial charge in [0.15, 0.2) is 5.03 Å². The monoisotopic (exact) mass is 397 g/mol. The van der Waals surface area contributed by atoms with Crippen LogP contribution in [0, 0.1) is 0 Å². The maximum absolute atomic E-state index is 12.7. The zero-order chi connectivity index (χ0) is 18.7. The lowest BCUT2D eigenvalue weighted by atomic mass is 10.0. The lowest BCUT2D eigenvalue weighted by Crippen LogP contribution is -2.51. The molecule has 0 aliphatic carbocycles. The van der Waals surface area contributed by atoms with Crippen LogP contribution in [-0.2, 0) is 21.9 Å². The fourth-order valence-electron chi connectivity index (χ4n) is 2.89. The Morgan fingerprint density at radius 3 is 2.88 bits per heavy atom. The summed E-state index contributed by atoms with van der Waals surface area (Å²) in [5.74, 6) is -0.309. The summed E-state index contributed by atoms with van der Waals surface area (Å²) in [4.78, 5) is 18.1. The first kappa shape index (κ1) is 18.8. The molecule has 8 nitrogen and oxygen atoms in total. The number of carbonyl (C=O) groups excluding carboxylic acids is 1. The van der Waals surface area contributed by atoms with Crippen LogP contribution in [0.1, 0.15) is 11.6 Å². The van der Waals surface area contributed by atoms with Crippen LogP contribution in [0.3, 0.4) is 0 Å². The topological polar surface area (TPSA) is 96.3 Å². The number of amides is 1. The summed E-state index contributed by atoms with van der Waals surface area (Å²) in [6.07, 6.45) is 2.77. The Hall–Kier alpha value is -1.94. The molecule has 1 atom stereocenters. The van der Waals surface area contributed by atoms with Crippen LogP contribution in [0.4, 0.5) is 0 Å². The number of sulfonamides is 1. The molecule has 1 saturated heterocycles. The van der Waals surface area contributed by atoms with Crippen molar-refractivity contribution in [1.29, 1.82) is 0 Å². The quantitative estimate of drug-likeness (QED) is 0.767. The van der Waals surface area contributed by atoms with E-state index in [1.807, 2.05) is 18.2 Å². The highest BCUT2D eigenvalue weighted by Crippen LogP contribution is 2.28. The lowest BCUT2D eigenvalue weighted by molar-refractivity contribution is -0.133. The molecule has 3 rings (SSSR count). The average molecular weight is 398 g/mol. The van der Waals surface area contributed by atoms with E-state index in [1.165, 1.54) is 17.1 Å². The summed E-state index contributed by atoms with van der Waals surface area (Å²) >= 11 is 6.27. The van der Waals surface area contributed by atoms with Crippen LogP contribution < -0.4 is 10.0 Å². The van der Waals surface area contributed by atoms with Gasteiger partial charge in [-0.1, -0.05) is 29.8 Å². The minimum Gasteiger partial charge on any atom is -0.339 e. The van der Waals surface area contributed by atoms with Crippen LogP contribution >= 0.6 is 11.6 Å². The highest BCUT2D eigenvalue weighted by molar-refractivity contribution is 7.89. The van der Waals surface area contributed by atoms with Gasteiger partial charge in [-0.3, -0.25) is 4.79 Å². The van der Waals surface area contributed by atoms with E-state index in [0.29, 0.717) is 24.7 Å². The molecule has 0 saturated carbocycles. The van der Waals surface area contributed by atoms with Crippen molar-refractivity contribution >= 4 is 27.5 Å². The van der Waals surface area contributed by atoms with Crippen molar-refractivity contribution in [2.45, 2.75) is 11.1 Å². The second kappa shape index (κ2) is 7.75. The Bertz CT molecular complexity index is 899. The van der Waals surface area contributed by atoms with Gasteiger partial charge in [0.05, 0.1) is 18.9 Å². The zero-order valence-corrected chi connectivity index (χ0v) is 15.8. The van der Waals surface area contributed by atoms with Crippen molar-refractivity contribution in [3.63, 3.8) is 0 Å². The van der Waals surface area contributed by atoms with Gasteiger partial charge in [0.25, 0.3) is 10.0 Å². The first-order valence-electron chi connectivity index (χ1n) is 8.11. The minimum atomic E-state index is -3.83. The van der Waals surface area contributed by atoms with Gasteiger partial charge < -0.3 is 14.8 Å². The summed E-state index contributed by atoms with van der Waals surface area (Å²) in [7, 11) is -2.16. The zero-order valence-electron chi connectivity index (χ0n) is 14.2. The molecule has 2 aromatic rings. The first-order valence-corrected chi connectivity index (χ1v) is 9.97. The highest BCUT2D eigenvalue weighted by Gasteiger charge is 2.30. The van der Waals surface area contributed by atoms with E-state index in [9.17, 15) is 13.2 Å². The second-order valence-electron chi connectivity index (χ2n) is 6.03. The normalized spacial score (nSPS) is 18.1. The predicted molar refractivity (Wildman–Crippen MR) is 97.2 cm³/mol. The standard InChI is InChI=1S/C16H20ClN5O3S/c1-21-10-15(19-11-21)26(24,25)20-9-16(23)22-7-6-18-8-14(22)12-4-2-3-5-13(12)17/h2-5,10-11,14,18,20H,6-9H2,1H3. The maximum Gasteiger partial charge on any atom is 0.260 e. The molecule has 1 aliphatic rings. The summed E-state index contributed by atoms with van der Waals surface area (Å²) in [5, 5.41) is 3.70. The number of benzene rings is 1. The molecule has 1 aromatic carbocycles. The van der Waals surface area contributed by atoms with Crippen LogP contribution in [0.15, 0.2) is 41.8 Å². The van der Waals surface area contributed by atoms with Gasteiger partial charge in [-0.25, -0.2) is 18.1 Å². The van der Waals surface area contributed by atoms with Crippen molar-refractivity contribution < 1.29 is 13.2 Å². The number of piperazine rings is 1. The van der Waals surface area contributed by atoms with Gasteiger partial charge >= 0.3 is 0 Å². The van der Waals surface area contributed by atoms with Crippen molar-refractivity contribution in [3.05, 3.63) is 47.4 Å². The number of hydrogen-bond donors (Lipinski definition) is 2. The Morgan fingerprint density at radius 1 is 1.42 bits per heavy atom. The average Bonchev–Trinajstić information content (AvgIpc) is 3.08. The third kappa shape index (κ3) is 4.07. The molecule has 0 radical (unpaired) electrons. The molecular weight excluding hydrogens is 378 g/mol. The number of aromatic nitrogens is 2. The summed E-state index contributed by atoms with van der Waals surface area (Å²) in [5.41, 5.74) is 0.835. The first-order chi connectivity index (χ1) is 12.4. The van der Waals surface area contributed by atoms with E-state index in [4.69, 9.17) is 11.6 Å². The second-order valence-corrected chi connectivity index (χ2v) is 8.15. The van der Waals surface area contributed by atoms with Crippen LogP contribution in [-0.4, -0.2) is 55.0 Å². The van der Waals surface area contributed by atoms with E-state index < -0.39 is 10.0 Å². The number of hydrogen-bond acceptors (Lipinski definition) is 5. The van der Waals surface area contributed by atoms with Crippen LogP contribution in [0.5, 0.6) is 0 Å². The number of nitrogens with one attached hydrogen (secondary N) is 2. The van der Waals surface area contributed by atoms with E-state index in [1.54, 1.807) is 18.0 Å². The molecule has 10 heteroatoms. The van der Waals surface area contributed by atoms with E-state index in [-0.39, 0.29) is 23.5 Å². The number of imidazole rings is 1. The van der Waals surface area contributed by atoms with Crippen molar-refractivity contribution in [2.24, 2.45) is 7.05 Å². The Balaban J connectivity index is 1.72. The predicted octanol–water partition coefficient (Wildman–Crippen LogP) is 0.525. The van der Waals surface area contributed by atoms with E-state index in [0.717, 1.165) is 5.56 Å². The Morgan fingerprint density at radius 2 is 2.19 bits per heavy atom. The molecule has 1 fully saturated rings. The number of nitrogens with zero attached hydrogens (tertiary/aromatic N) is 3. The summed E-state index contributed by atoms with van der Waals surface area (Å²) in [6, 6.07) is 7.10. The summed E-state index contributed by atoms with van der Waals surface area (Å²) in [6.45, 7) is 1.34. The van der Waals surface area contributed by atoms with Gasteiger partial charge in [0, 0.05) is 37.9 Å². The van der Waals surface area contributed by atoms with Crippen LogP contribution in [0.2, 0.25) is 5.02 Å². The molecule has 1 aromatic heterocycles. The van der Waals surface area contributed by atoms with Gasteiger partial charge in [-0.05, 0) is 11.6 Å². The molecule has 2 heterocycles. The van der Waals surface area contributed by atoms with Crippen molar-refractivity contribution in [1.82, 2.24) is 24.5 Å². The fourth-order valence-corrected chi connectivity index (χ4v) is 4.10. The highest BCUT2D eigenvalue weighted by atomic mass is 35.5. The molecule has 0 bridgehead atoms. The third-order valence-corrected chi connectivity index (χ3v) is 5.83. The van der Waals surface area contributed by atoms with Crippen LogP contribution in [0.25, 0.3) is 0 Å². The number of halogens is 1. The maximum atomic E-state index is 12.7. The van der Waals surface area contributed by atoms with E-state index >= 15 is 0 Å². The SMILES string of the molecule is Cn1cnc(S(=O)(=O)NCC(=O)N2CCNCC2c2ccccc2Cl)c1. The van der Waals surface area contributed by atoms with Gasteiger partial charge in [0.1, 0.15) is 0 Å². The van der Waals surface area contributed by atoms with Gasteiger partial charge in [0.2, 0.25) is 5.91 Å². The molecule has 26 heavy (non-hydrogen) atoms. The molecule has 1 aliphatic heterocycles. The lowest BCUT2D eigenvalue weighted by Gasteiger charge is -2.37.